The van der Waals surface area contributed by atoms with Crippen LogP contribution in [0, 0.1) is 18.7 Å². The summed E-state index contributed by atoms with van der Waals surface area (Å²) in [7, 11) is 0. The first-order valence-corrected chi connectivity index (χ1v) is 8.34. The van der Waals surface area contributed by atoms with E-state index >= 15 is 0 Å². The van der Waals surface area contributed by atoms with Crippen LogP contribution in [-0.2, 0) is 4.79 Å². The van der Waals surface area contributed by atoms with Crippen molar-refractivity contribution in [1.82, 2.24) is 5.32 Å². The largest absolute Gasteiger partial charge is 0.490 e. The zero-order valence-corrected chi connectivity index (χ0v) is 14.6. The third-order valence-electron chi connectivity index (χ3n) is 4.57. The summed E-state index contributed by atoms with van der Waals surface area (Å²) < 4.78 is 25.2. The van der Waals surface area contributed by atoms with Crippen LogP contribution in [-0.4, -0.2) is 35.7 Å². The summed E-state index contributed by atoms with van der Waals surface area (Å²) in [5.74, 6) is -1.37. The summed E-state index contributed by atoms with van der Waals surface area (Å²) in [4.78, 5) is 24.2. The monoisotopic (exact) mass is 364 g/mol. The Bertz CT molecular complexity index is 874. The first kappa shape index (κ1) is 18.2. The third-order valence-corrected chi connectivity index (χ3v) is 4.57. The lowest BCUT2D eigenvalue weighted by atomic mass is 10.0. The van der Waals surface area contributed by atoms with Crippen LogP contribution in [0.4, 0.5) is 4.39 Å². The van der Waals surface area contributed by atoms with Crippen LogP contribution in [0.2, 0.25) is 0 Å². The van der Waals surface area contributed by atoms with Crippen molar-refractivity contribution in [3.05, 3.63) is 29.3 Å². The number of rotatable bonds is 7. The number of amides is 2. The lowest BCUT2D eigenvalue weighted by molar-refractivity contribution is -0.124. The molecule has 7 nitrogen and oxygen atoms in total. The highest BCUT2D eigenvalue weighted by Gasteiger charge is 2.34. The number of aliphatic hydroxyl groups excluding tert-OH is 1. The van der Waals surface area contributed by atoms with Crippen LogP contribution in [0.1, 0.15) is 35.9 Å². The fourth-order valence-electron chi connectivity index (χ4n) is 2.60. The molecule has 0 aliphatic heterocycles. The van der Waals surface area contributed by atoms with Crippen LogP contribution in [0.25, 0.3) is 11.0 Å². The quantitative estimate of drug-likeness (QED) is 0.691. The number of fused-ring (bicyclic) bond motifs is 1. The molecule has 1 atom stereocenters. The molecule has 0 bridgehead atoms. The van der Waals surface area contributed by atoms with Crippen molar-refractivity contribution in [3.63, 3.8) is 0 Å². The van der Waals surface area contributed by atoms with E-state index in [2.05, 4.69) is 5.32 Å². The van der Waals surface area contributed by atoms with E-state index in [1.54, 1.807) is 6.92 Å². The predicted octanol–water partition coefficient (Wildman–Crippen LogP) is 1.64. The maximum absolute atomic E-state index is 14.2. The van der Waals surface area contributed by atoms with Crippen LogP contribution < -0.4 is 15.8 Å². The van der Waals surface area contributed by atoms with Gasteiger partial charge in [0.25, 0.3) is 5.91 Å². The number of benzene rings is 1. The number of aryl methyl sites for hydroxylation is 1. The highest BCUT2D eigenvalue weighted by atomic mass is 19.1. The Morgan fingerprint density at radius 3 is 2.73 bits per heavy atom. The van der Waals surface area contributed by atoms with E-state index in [1.165, 1.54) is 19.1 Å². The maximum Gasteiger partial charge on any atom is 0.256 e. The zero-order valence-electron chi connectivity index (χ0n) is 14.6. The Morgan fingerprint density at radius 1 is 1.46 bits per heavy atom. The fourth-order valence-corrected chi connectivity index (χ4v) is 2.60. The normalized spacial score (nSPS) is 16.3. The highest BCUT2D eigenvalue weighted by Crippen LogP contribution is 2.34. The second-order valence-electron chi connectivity index (χ2n) is 6.88. The van der Waals surface area contributed by atoms with Gasteiger partial charge in [-0.15, -0.1) is 0 Å². The van der Waals surface area contributed by atoms with Gasteiger partial charge in [-0.2, -0.15) is 0 Å². The van der Waals surface area contributed by atoms with E-state index < -0.39 is 29.8 Å². The zero-order chi connectivity index (χ0) is 19.1. The number of nitrogens with two attached hydrogens (primary N) is 1. The molecule has 1 unspecified atom stereocenters. The summed E-state index contributed by atoms with van der Waals surface area (Å²) in [5, 5.41) is 12.2. The summed E-state index contributed by atoms with van der Waals surface area (Å²) in [6.07, 6.45) is 2.13. The molecule has 4 N–H and O–H groups in total. The lowest BCUT2D eigenvalue weighted by Gasteiger charge is -2.24. The molecule has 1 heterocycles. The number of furan rings is 1. The Hall–Kier alpha value is -2.61. The summed E-state index contributed by atoms with van der Waals surface area (Å²) in [6, 6.07) is 2.58. The Balaban J connectivity index is 1.96. The molecule has 2 aromatic rings. The number of primary amides is 1. The molecular formula is C18H21FN2O5. The minimum Gasteiger partial charge on any atom is -0.490 e. The van der Waals surface area contributed by atoms with Gasteiger partial charge in [-0.1, -0.05) is 0 Å². The lowest BCUT2D eigenvalue weighted by Crippen LogP contribution is -2.57. The van der Waals surface area contributed by atoms with Gasteiger partial charge in [-0.05, 0) is 38.7 Å². The highest BCUT2D eigenvalue weighted by molar-refractivity contribution is 6.09. The molecule has 1 aromatic carbocycles. The van der Waals surface area contributed by atoms with Crippen molar-refractivity contribution in [1.29, 1.82) is 0 Å². The topological polar surface area (TPSA) is 115 Å². The molecule has 1 fully saturated rings. The molecule has 0 radical (unpaired) electrons. The van der Waals surface area contributed by atoms with Gasteiger partial charge in [-0.25, -0.2) is 4.39 Å². The van der Waals surface area contributed by atoms with E-state index in [-0.39, 0.29) is 22.7 Å². The van der Waals surface area contributed by atoms with Crippen LogP contribution in [0.5, 0.6) is 5.75 Å². The molecule has 1 saturated carbocycles. The first-order chi connectivity index (χ1) is 12.2. The SMILES string of the molecule is Cc1oc2cc(F)c(OCC3CC3)cc2c1C(=O)NC(C)(CO)C(N)=O. The summed E-state index contributed by atoms with van der Waals surface area (Å²) in [5.41, 5.74) is 3.94. The summed E-state index contributed by atoms with van der Waals surface area (Å²) in [6.45, 7) is 2.63. The fraction of sp³-hybridized carbons (Fsp3) is 0.444. The minimum atomic E-state index is -1.63. The first-order valence-electron chi connectivity index (χ1n) is 8.34. The molecule has 1 aliphatic rings. The van der Waals surface area contributed by atoms with E-state index in [1.807, 2.05) is 0 Å². The Kier molecular flexibility index (Phi) is 4.62. The van der Waals surface area contributed by atoms with Gasteiger partial charge >= 0.3 is 0 Å². The number of hydrogen-bond donors (Lipinski definition) is 3. The molecule has 2 amide bonds. The smallest absolute Gasteiger partial charge is 0.256 e. The standard InChI is InChI=1S/C18H21FN2O5/c1-9-15(16(23)21-18(2,8-22)17(20)24)11-5-14(25-7-10-3-4-10)12(19)6-13(11)26-9/h5-6,10,22H,3-4,7-8H2,1-2H3,(H2,20,24)(H,21,23). The Labute approximate surface area is 149 Å². The summed E-state index contributed by atoms with van der Waals surface area (Å²) >= 11 is 0. The molecule has 3 rings (SSSR count). The van der Waals surface area contributed by atoms with E-state index in [0.717, 1.165) is 12.8 Å². The van der Waals surface area contributed by atoms with Gasteiger partial charge < -0.3 is 25.3 Å². The van der Waals surface area contributed by atoms with Crippen molar-refractivity contribution >= 4 is 22.8 Å². The molecule has 26 heavy (non-hydrogen) atoms. The number of carbonyl (C=O) groups excluding carboxylic acids is 2. The average Bonchev–Trinajstić information content (AvgIpc) is 3.34. The van der Waals surface area contributed by atoms with Gasteiger partial charge in [0.1, 0.15) is 16.9 Å². The van der Waals surface area contributed by atoms with Crippen LogP contribution in [0.3, 0.4) is 0 Å². The van der Waals surface area contributed by atoms with Crippen molar-refractivity contribution in [3.8, 4) is 5.75 Å². The van der Waals surface area contributed by atoms with Crippen LogP contribution in [0.15, 0.2) is 16.5 Å². The molecule has 0 spiro atoms. The molecule has 8 heteroatoms. The molecule has 1 aliphatic carbocycles. The third kappa shape index (κ3) is 3.37. The second kappa shape index (κ2) is 6.60. The molecule has 140 valence electrons. The number of hydrogen-bond acceptors (Lipinski definition) is 5. The molecule has 0 saturated heterocycles. The van der Waals surface area contributed by atoms with E-state index in [0.29, 0.717) is 17.9 Å². The maximum atomic E-state index is 14.2. The van der Waals surface area contributed by atoms with Crippen molar-refractivity contribution in [2.24, 2.45) is 11.7 Å². The van der Waals surface area contributed by atoms with Gasteiger partial charge in [0.2, 0.25) is 5.91 Å². The molecular weight excluding hydrogens is 343 g/mol. The number of carbonyl (C=O) groups is 2. The predicted molar refractivity (Wildman–Crippen MR) is 91.3 cm³/mol. The number of ether oxygens (including phenoxy) is 1. The van der Waals surface area contributed by atoms with Gasteiger partial charge in [-0.3, -0.25) is 9.59 Å². The van der Waals surface area contributed by atoms with Gasteiger partial charge in [0.15, 0.2) is 11.6 Å². The number of nitrogens with one attached hydrogen (secondary N) is 1. The number of aliphatic hydroxyl groups is 1. The van der Waals surface area contributed by atoms with Crippen molar-refractivity contribution < 1.29 is 28.2 Å². The molecule has 1 aromatic heterocycles. The minimum absolute atomic E-state index is 0.0408. The number of halogens is 1. The van der Waals surface area contributed by atoms with E-state index in [4.69, 9.17) is 14.9 Å². The van der Waals surface area contributed by atoms with Crippen LogP contribution >= 0.6 is 0 Å². The Morgan fingerprint density at radius 2 is 2.15 bits per heavy atom. The van der Waals surface area contributed by atoms with Gasteiger partial charge in [0.05, 0.1) is 18.8 Å². The van der Waals surface area contributed by atoms with Gasteiger partial charge in [0, 0.05) is 11.5 Å². The average molecular weight is 364 g/mol. The van der Waals surface area contributed by atoms with Crippen molar-refractivity contribution in [2.45, 2.75) is 32.2 Å². The second-order valence-corrected chi connectivity index (χ2v) is 6.88. The van der Waals surface area contributed by atoms with E-state index in [9.17, 15) is 19.1 Å². The van der Waals surface area contributed by atoms with Crippen molar-refractivity contribution in [2.75, 3.05) is 13.2 Å².